The Morgan fingerprint density at radius 1 is 1.35 bits per heavy atom. The van der Waals surface area contributed by atoms with Gasteiger partial charge in [-0.05, 0) is 37.3 Å². The van der Waals surface area contributed by atoms with E-state index < -0.39 is 0 Å². The number of hydrogen-bond donors (Lipinski definition) is 1. The van der Waals surface area contributed by atoms with Crippen LogP contribution in [0.2, 0.25) is 0 Å². The van der Waals surface area contributed by atoms with Crippen LogP contribution in [0.25, 0.3) is 10.9 Å². The maximum atomic E-state index is 12.8. The lowest BCUT2D eigenvalue weighted by molar-refractivity contribution is 0.0456. The van der Waals surface area contributed by atoms with Crippen LogP contribution < -0.4 is 0 Å². The number of benzene rings is 1. The normalized spacial score (nSPS) is 26.9. The van der Waals surface area contributed by atoms with Crippen molar-refractivity contribution < 1.29 is 4.79 Å². The van der Waals surface area contributed by atoms with Crippen molar-refractivity contribution in [1.82, 2.24) is 15.1 Å². The molecule has 4 nitrogen and oxygen atoms in total. The molecule has 1 saturated heterocycles. The number of carbonyl (C=O) groups excluding carboxylic acids is 1. The summed E-state index contributed by atoms with van der Waals surface area (Å²) in [7, 11) is 0. The minimum Gasteiger partial charge on any atom is -0.335 e. The molecule has 0 spiro atoms. The van der Waals surface area contributed by atoms with Crippen molar-refractivity contribution in [3.05, 3.63) is 30.0 Å². The Morgan fingerprint density at radius 3 is 2.95 bits per heavy atom. The number of piperidine rings is 1. The van der Waals surface area contributed by atoms with Gasteiger partial charge in [0.25, 0.3) is 5.91 Å². The van der Waals surface area contributed by atoms with Crippen LogP contribution in [0.15, 0.2) is 24.4 Å². The third-order valence-corrected chi connectivity index (χ3v) is 4.55. The molecule has 3 atom stereocenters. The van der Waals surface area contributed by atoms with Crippen molar-refractivity contribution in [3.63, 3.8) is 0 Å². The van der Waals surface area contributed by atoms with Crippen molar-refractivity contribution in [2.45, 2.75) is 33.2 Å². The molecule has 1 N–H and O–H groups in total. The number of H-pyrrole nitrogens is 1. The van der Waals surface area contributed by atoms with Gasteiger partial charge in [-0.1, -0.05) is 19.9 Å². The average Bonchev–Trinajstić information content (AvgIpc) is 2.89. The van der Waals surface area contributed by atoms with Gasteiger partial charge in [-0.25, -0.2) is 0 Å². The van der Waals surface area contributed by atoms with E-state index in [1.54, 1.807) is 6.20 Å². The van der Waals surface area contributed by atoms with Gasteiger partial charge in [0.15, 0.2) is 0 Å². The lowest BCUT2D eigenvalue weighted by Crippen LogP contribution is -2.48. The van der Waals surface area contributed by atoms with Crippen LogP contribution in [0.5, 0.6) is 0 Å². The fraction of sp³-hybridized carbons (Fsp3) is 0.500. The molecule has 0 aliphatic carbocycles. The summed E-state index contributed by atoms with van der Waals surface area (Å²) >= 11 is 0. The average molecular weight is 271 g/mol. The summed E-state index contributed by atoms with van der Waals surface area (Å²) < 4.78 is 0. The van der Waals surface area contributed by atoms with Crippen LogP contribution in [0, 0.1) is 11.8 Å². The largest absolute Gasteiger partial charge is 0.335 e. The second-order valence-corrected chi connectivity index (χ2v) is 6.19. The smallest absolute Gasteiger partial charge is 0.254 e. The molecule has 3 rings (SSSR count). The number of nitrogens with zero attached hydrogens (tertiary/aromatic N) is 2. The highest BCUT2D eigenvalue weighted by atomic mass is 16.2. The van der Waals surface area contributed by atoms with Crippen molar-refractivity contribution in [2.24, 2.45) is 11.8 Å². The molecular weight excluding hydrogens is 250 g/mol. The highest BCUT2D eigenvalue weighted by Gasteiger charge is 2.32. The summed E-state index contributed by atoms with van der Waals surface area (Å²) in [5.41, 5.74) is 1.66. The van der Waals surface area contributed by atoms with E-state index in [4.69, 9.17) is 0 Å². The molecular formula is C16H21N3O. The summed E-state index contributed by atoms with van der Waals surface area (Å²) in [5, 5.41) is 7.97. The Bertz CT molecular complexity index is 633. The van der Waals surface area contributed by atoms with Crippen molar-refractivity contribution >= 4 is 16.8 Å². The zero-order valence-electron chi connectivity index (χ0n) is 12.3. The molecule has 0 bridgehead atoms. The molecule has 0 radical (unpaired) electrons. The Kier molecular flexibility index (Phi) is 3.24. The molecule has 106 valence electrons. The maximum Gasteiger partial charge on any atom is 0.254 e. The Balaban J connectivity index is 1.90. The fourth-order valence-corrected chi connectivity index (χ4v) is 3.22. The zero-order chi connectivity index (χ0) is 14.3. The van der Waals surface area contributed by atoms with Gasteiger partial charge < -0.3 is 4.90 Å². The van der Waals surface area contributed by atoms with E-state index in [1.165, 1.54) is 6.42 Å². The predicted octanol–water partition coefficient (Wildman–Crippen LogP) is 3.07. The quantitative estimate of drug-likeness (QED) is 0.866. The van der Waals surface area contributed by atoms with Crippen LogP contribution in [0.3, 0.4) is 0 Å². The van der Waals surface area contributed by atoms with Crippen LogP contribution in [0.4, 0.5) is 0 Å². The third-order valence-electron chi connectivity index (χ3n) is 4.55. The second-order valence-electron chi connectivity index (χ2n) is 6.19. The molecule has 1 fully saturated rings. The molecule has 1 aromatic heterocycles. The molecule has 2 aromatic rings. The summed E-state index contributed by atoms with van der Waals surface area (Å²) in [4.78, 5) is 14.8. The van der Waals surface area contributed by atoms with Crippen LogP contribution in [-0.2, 0) is 0 Å². The minimum atomic E-state index is 0.132. The molecule has 1 aliphatic rings. The summed E-state index contributed by atoms with van der Waals surface area (Å²) in [6.07, 6.45) is 2.97. The topological polar surface area (TPSA) is 49.0 Å². The fourth-order valence-electron chi connectivity index (χ4n) is 3.22. The maximum absolute atomic E-state index is 12.8. The molecule has 1 amide bonds. The van der Waals surface area contributed by atoms with E-state index in [9.17, 15) is 4.79 Å². The van der Waals surface area contributed by atoms with Gasteiger partial charge in [0.2, 0.25) is 0 Å². The van der Waals surface area contributed by atoms with Crippen LogP contribution in [-0.4, -0.2) is 33.6 Å². The molecule has 0 saturated carbocycles. The predicted molar refractivity (Wildman–Crippen MR) is 79.5 cm³/mol. The minimum absolute atomic E-state index is 0.132. The summed E-state index contributed by atoms with van der Waals surface area (Å²) in [5.74, 6) is 1.26. The van der Waals surface area contributed by atoms with Gasteiger partial charge in [0.1, 0.15) is 0 Å². The number of rotatable bonds is 1. The number of fused-ring (bicyclic) bond motifs is 1. The lowest BCUT2D eigenvalue weighted by Gasteiger charge is -2.41. The van der Waals surface area contributed by atoms with Gasteiger partial charge in [-0.2, -0.15) is 5.10 Å². The molecule has 4 heteroatoms. The summed E-state index contributed by atoms with van der Waals surface area (Å²) in [6, 6.07) is 6.06. The van der Waals surface area contributed by atoms with Gasteiger partial charge in [-0.15, -0.1) is 0 Å². The number of likely N-dealkylation sites (tertiary alicyclic amines) is 1. The van der Waals surface area contributed by atoms with E-state index in [2.05, 4.69) is 31.0 Å². The number of amides is 1. The highest BCUT2D eigenvalue weighted by Crippen LogP contribution is 2.28. The van der Waals surface area contributed by atoms with E-state index >= 15 is 0 Å². The van der Waals surface area contributed by atoms with Gasteiger partial charge in [0, 0.05) is 23.5 Å². The van der Waals surface area contributed by atoms with E-state index in [0.29, 0.717) is 17.9 Å². The van der Waals surface area contributed by atoms with Crippen molar-refractivity contribution in [2.75, 3.05) is 6.54 Å². The molecule has 1 aliphatic heterocycles. The molecule has 1 aromatic carbocycles. The first-order valence-corrected chi connectivity index (χ1v) is 7.30. The number of hydrogen-bond acceptors (Lipinski definition) is 2. The van der Waals surface area contributed by atoms with Crippen LogP contribution in [0.1, 0.15) is 37.6 Å². The van der Waals surface area contributed by atoms with Crippen molar-refractivity contribution in [1.29, 1.82) is 0 Å². The first-order chi connectivity index (χ1) is 9.56. The summed E-state index contributed by atoms with van der Waals surface area (Å²) in [6.45, 7) is 7.47. The van der Waals surface area contributed by atoms with E-state index in [1.807, 2.05) is 23.1 Å². The first-order valence-electron chi connectivity index (χ1n) is 7.30. The number of nitrogens with one attached hydrogen (secondary N) is 1. The molecule has 2 heterocycles. The van der Waals surface area contributed by atoms with E-state index in [0.717, 1.165) is 23.0 Å². The van der Waals surface area contributed by atoms with E-state index in [-0.39, 0.29) is 5.91 Å². The standard InChI is InChI=1S/C16H21N3O/c1-10-6-11(2)12(3)19(9-10)16(20)13-4-5-14-8-17-18-15(14)7-13/h4-5,7-8,10-12H,6,9H2,1-3H3,(H,17,18). The Hall–Kier alpha value is -1.84. The van der Waals surface area contributed by atoms with Gasteiger partial charge in [-0.3, -0.25) is 9.89 Å². The monoisotopic (exact) mass is 271 g/mol. The third kappa shape index (κ3) is 2.19. The van der Waals surface area contributed by atoms with Gasteiger partial charge >= 0.3 is 0 Å². The number of carbonyl (C=O) groups is 1. The Labute approximate surface area is 119 Å². The molecule has 20 heavy (non-hydrogen) atoms. The number of aromatic amines is 1. The van der Waals surface area contributed by atoms with Crippen LogP contribution >= 0.6 is 0 Å². The van der Waals surface area contributed by atoms with Crippen molar-refractivity contribution in [3.8, 4) is 0 Å². The number of aromatic nitrogens is 2. The SMILES string of the molecule is CC1CC(C)C(C)N(C(=O)c2ccc3cn[nH]c3c2)C1. The lowest BCUT2D eigenvalue weighted by atomic mass is 9.85. The first kappa shape index (κ1) is 13.2. The molecule has 3 unspecified atom stereocenters. The zero-order valence-corrected chi connectivity index (χ0v) is 12.3. The van der Waals surface area contributed by atoms with Gasteiger partial charge in [0.05, 0.1) is 11.7 Å². The highest BCUT2D eigenvalue weighted by molar-refractivity contribution is 5.98. The second kappa shape index (κ2) is 4.93. The Morgan fingerprint density at radius 2 is 2.15 bits per heavy atom.